The van der Waals surface area contributed by atoms with Crippen LogP contribution in [0.3, 0.4) is 0 Å². The van der Waals surface area contributed by atoms with Crippen molar-refractivity contribution in [2.24, 2.45) is 0 Å². The average Bonchev–Trinajstić information content (AvgIpc) is 2.44. The number of nitro benzene ring substituents is 1. The molecule has 0 aliphatic carbocycles. The molecule has 0 heterocycles. The van der Waals surface area contributed by atoms with Crippen LogP contribution in [0.25, 0.3) is 0 Å². The van der Waals surface area contributed by atoms with Gasteiger partial charge in [0.1, 0.15) is 11.3 Å². The van der Waals surface area contributed by atoms with Crippen LogP contribution >= 0.6 is 0 Å². The maximum absolute atomic E-state index is 12.8. The fourth-order valence-electron chi connectivity index (χ4n) is 1.91. The molecule has 0 bridgehead atoms. The molecule has 1 rings (SSSR count). The van der Waals surface area contributed by atoms with E-state index in [-0.39, 0.29) is 6.07 Å². The van der Waals surface area contributed by atoms with Crippen LogP contribution < -0.4 is 4.90 Å². The number of alkyl halides is 3. The number of carbonyl (C=O) groups excluding carboxylic acids is 1. The van der Waals surface area contributed by atoms with Gasteiger partial charge >= 0.3 is 18.2 Å². The molecule has 0 aliphatic heterocycles. The fraction of sp³-hybridized carbons (Fsp3) is 0.467. The van der Waals surface area contributed by atoms with Gasteiger partial charge in [0.15, 0.2) is 0 Å². The Hall–Kier alpha value is -2.85. The van der Waals surface area contributed by atoms with Crippen LogP contribution in [0.15, 0.2) is 18.2 Å². The van der Waals surface area contributed by atoms with Crippen molar-refractivity contribution in [3.05, 3.63) is 33.9 Å². The molecule has 0 atom stereocenters. The van der Waals surface area contributed by atoms with E-state index in [1.54, 1.807) is 0 Å². The Bertz CT molecular complexity index is 712. The number of benzene rings is 1. The van der Waals surface area contributed by atoms with Crippen molar-refractivity contribution in [3.63, 3.8) is 0 Å². The number of nitrogens with zero attached hydrogens (tertiary/aromatic N) is 2. The summed E-state index contributed by atoms with van der Waals surface area (Å²) in [5.74, 6) is -1.30. The summed E-state index contributed by atoms with van der Waals surface area (Å²) in [7, 11) is 0. The smallest absolute Gasteiger partial charge is 0.416 e. The Balaban J connectivity index is 3.41. The Morgan fingerprint density at radius 2 is 1.85 bits per heavy atom. The molecular weight excluding hydrogens is 361 g/mol. The highest BCUT2D eigenvalue weighted by molar-refractivity contribution is 5.91. The van der Waals surface area contributed by atoms with Crippen molar-refractivity contribution in [1.82, 2.24) is 0 Å². The van der Waals surface area contributed by atoms with Gasteiger partial charge in [-0.25, -0.2) is 4.79 Å². The first-order valence-corrected chi connectivity index (χ1v) is 7.30. The van der Waals surface area contributed by atoms with Gasteiger partial charge in [0, 0.05) is 12.6 Å². The van der Waals surface area contributed by atoms with Gasteiger partial charge in [-0.2, -0.15) is 13.2 Å². The zero-order valence-electron chi connectivity index (χ0n) is 14.2. The molecule has 1 aromatic carbocycles. The minimum atomic E-state index is -4.82. The van der Waals surface area contributed by atoms with E-state index in [1.165, 1.54) is 20.8 Å². The molecular formula is C15H17F3N2O6. The Kier molecular flexibility index (Phi) is 6.18. The highest BCUT2D eigenvalue weighted by atomic mass is 19.4. The number of carbonyl (C=O) groups is 2. The Morgan fingerprint density at radius 3 is 2.27 bits per heavy atom. The van der Waals surface area contributed by atoms with Gasteiger partial charge < -0.3 is 9.84 Å². The molecule has 0 aliphatic rings. The lowest BCUT2D eigenvalue weighted by Gasteiger charge is -2.27. The number of anilines is 1. The Morgan fingerprint density at radius 1 is 1.27 bits per heavy atom. The van der Waals surface area contributed by atoms with Crippen LogP contribution in [-0.4, -0.2) is 34.2 Å². The molecule has 144 valence electrons. The fourth-order valence-corrected chi connectivity index (χ4v) is 1.91. The Labute approximate surface area is 146 Å². The number of rotatable bonds is 5. The maximum Gasteiger partial charge on any atom is 0.416 e. The molecule has 1 amide bonds. The van der Waals surface area contributed by atoms with Crippen molar-refractivity contribution < 1.29 is 37.5 Å². The lowest BCUT2D eigenvalue weighted by Crippen LogP contribution is -2.38. The number of carboxylic acid groups (broad SMARTS) is 1. The van der Waals surface area contributed by atoms with Crippen molar-refractivity contribution in [3.8, 4) is 0 Å². The lowest BCUT2D eigenvalue weighted by atomic mass is 10.1. The number of hydrogen-bond acceptors (Lipinski definition) is 5. The van der Waals surface area contributed by atoms with Crippen LogP contribution in [-0.2, 0) is 15.7 Å². The maximum atomic E-state index is 12.8. The number of hydrogen-bond donors (Lipinski definition) is 1. The summed E-state index contributed by atoms with van der Waals surface area (Å²) in [6, 6.07) is 1.60. The topological polar surface area (TPSA) is 110 Å². The third-order valence-corrected chi connectivity index (χ3v) is 2.95. The molecule has 0 unspecified atom stereocenters. The van der Waals surface area contributed by atoms with E-state index >= 15 is 0 Å². The number of aliphatic carboxylic acids is 1. The quantitative estimate of drug-likeness (QED) is 0.616. The molecule has 26 heavy (non-hydrogen) atoms. The number of amides is 1. The minimum Gasteiger partial charge on any atom is -0.481 e. The van der Waals surface area contributed by atoms with E-state index < -0.39 is 58.7 Å². The molecule has 1 aromatic rings. The molecule has 1 N–H and O–H groups in total. The van der Waals surface area contributed by atoms with Crippen molar-refractivity contribution >= 4 is 23.4 Å². The summed E-state index contributed by atoms with van der Waals surface area (Å²) in [5.41, 5.74) is -3.75. The minimum absolute atomic E-state index is 0.285. The summed E-state index contributed by atoms with van der Waals surface area (Å²) >= 11 is 0. The first kappa shape index (κ1) is 21.2. The molecule has 0 radical (unpaired) electrons. The highest BCUT2D eigenvalue weighted by Crippen LogP contribution is 2.37. The monoisotopic (exact) mass is 378 g/mol. The van der Waals surface area contributed by atoms with Gasteiger partial charge in [-0.3, -0.25) is 19.8 Å². The second-order valence-electron chi connectivity index (χ2n) is 6.23. The third-order valence-electron chi connectivity index (χ3n) is 2.95. The van der Waals surface area contributed by atoms with Crippen molar-refractivity contribution in [2.75, 3.05) is 11.4 Å². The first-order valence-electron chi connectivity index (χ1n) is 7.30. The number of ether oxygens (including phenoxy) is 1. The van der Waals surface area contributed by atoms with Gasteiger partial charge in [-0.15, -0.1) is 0 Å². The zero-order valence-corrected chi connectivity index (χ0v) is 14.2. The molecule has 0 saturated carbocycles. The van der Waals surface area contributed by atoms with Gasteiger partial charge in [-0.1, -0.05) is 0 Å². The molecule has 0 aromatic heterocycles. The average molecular weight is 378 g/mol. The second-order valence-corrected chi connectivity index (χ2v) is 6.23. The summed E-state index contributed by atoms with van der Waals surface area (Å²) < 4.78 is 43.4. The highest BCUT2D eigenvalue weighted by Gasteiger charge is 2.35. The summed E-state index contributed by atoms with van der Waals surface area (Å²) in [4.78, 5) is 33.8. The molecule has 0 saturated heterocycles. The van der Waals surface area contributed by atoms with Crippen molar-refractivity contribution in [1.29, 1.82) is 0 Å². The van der Waals surface area contributed by atoms with Gasteiger partial charge in [0.05, 0.1) is 16.9 Å². The van der Waals surface area contributed by atoms with Gasteiger partial charge in [0.2, 0.25) is 0 Å². The van der Waals surface area contributed by atoms with Crippen LogP contribution in [0.1, 0.15) is 32.8 Å². The number of halogens is 3. The van der Waals surface area contributed by atoms with E-state index in [0.717, 1.165) is 6.07 Å². The predicted octanol–water partition coefficient (Wildman–Crippen LogP) is 3.83. The number of carboxylic acids is 1. The van der Waals surface area contributed by atoms with E-state index in [0.29, 0.717) is 11.0 Å². The van der Waals surface area contributed by atoms with E-state index in [9.17, 15) is 32.9 Å². The first-order chi connectivity index (χ1) is 11.7. The standard InChI is InChI=1S/C15H17F3N2O6/c1-14(2,3)26-13(23)19(7-6-12(21)22)10-5-4-9(15(16,17)18)8-11(10)20(24)25/h4-5,8H,6-7H2,1-3H3,(H,21,22). The van der Waals surface area contributed by atoms with Gasteiger partial charge in [0.25, 0.3) is 5.69 Å². The van der Waals surface area contributed by atoms with Crippen LogP contribution in [0.2, 0.25) is 0 Å². The van der Waals surface area contributed by atoms with E-state index in [4.69, 9.17) is 9.84 Å². The van der Waals surface area contributed by atoms with E-state index in [1.807, 2.05) is 0 Å². The molecule has 0 fully saturated rings. The molecule has 0 spiro atoms. The molecule has 11 heteroatoms. The molecule has 8 nitrogen and oxygen atoms in total. The zero-order chi connectivity index (χ0) is 20.3. The SMILES string of the molecule is CC(C)(C)OC(=O)N(CCC(=O)O)c1ccc(C(F)(F)F)cc1[N+](=O)[O-]. The summed E-state index contributed by atoms with van der Waals surface area (Å²) in [5, 5.41) is 20.0. The van der Waals surface area contributed by atoms with Gasteiger partial charge in [-0.05, 0) is 32.9 Å². The summed E-state index contributed by atoms with van der Waals surface area (Å²) in [6.45, 7) is 4.03. The largest absolute Gasteiger partial charge is 0.481 e. The van der Waals surface area contributed by atoms with Crippen LogP contribution in [0.4, 0.5) is 29.3 Å². The van der Waals surface area contributed by atoms with E-state index in [2.05, 4.69) is 0 Å². The van der Waals surface area contributed by atoms with Crippen molar-refractivity contribution in [2.45, 2.75) is 39.0 Å². The van der Waals surface area contributed by atoms with Crippen LogP contribution in [0, 0.1) is 10.1 Å². The van der Waals surface area contributed by atoms with Crippen LogP contribution in [0.5, 0.6) is 0 Å². The second kappa shape index (κ2) is 7.58. The predicted molar refractivity (Wildman–Crippen MR) is 83.9 cm³/mol. The lowest BCUT2D eigenvalue weighted by molar-refractivity contribution is -0.384. The summed E-state index contributed by atoms with van der Waals surface area (Å²) in [6.07, 6.45) is -6.51. The third kappa shape index (κ3) is 5.90. The normalized spacial score (nSPS) is 11.8. The number of nitro groups is 1.